The summed E-state index contributed by atoms with van der Waals surface area (Å²) in [5, 5.41) is 2.95. The Kier molecular flexibility index (Phi) is 4.77. The Morgan fingerprint density at radius 2 is 1.70 bits per heavy atom. The molecule has 2 amide bonds. The van der Waals surface area contributed by atoms with Crippen LogP contribution in [0.2, 0.25) is 0 Å². The van der Waals surface area contributed by atoms with E-state index in [0.717, 1.165) is 11.3 Å². The van der Waals surface area contributed by atoms with Gasteiger partial charge in [-0.1, -0.05) is 48.0 Å². The van der Waals surface area contributed by atoms with Gasteiger partial charge in [0.15, 0.2) is 0 Å². The number of nitrogens with zero attached hydrogens (tertiary/aromatic N) is 1. The molecule has 20 heavy (non-hydrogen) atoms. The molecule has 2 rings (SSSR count). The fraction of sp³-hybridized carbons (Fsp3) is 0.235. The molecule has 2 aromatic rings. The van der Waals surface area contributed by atoms with Gasteiger partial charge in [-0.25, -0.2) is 4.79 Å². The molecule has 0 bridgehead atoms. The van der Waals surface area contributed by atoms with E-state index in [-0.39, 0.29) is 6.03 Å². The smallest absolute Gasteiger partial charge is 0.322 e. The second-order valence-corrected chi connectivity index (χ2v) is 4.72. The molecule has 0 saturated heterocycles. The highest BCUT2D eigenvalue weighted by atomic mass is 16.2. The fourth-order valence-electron chi connectivity index (χ4n) is 2.03. The number of nitrogens with one attached hydrogen (secondary N) is 1. The molecule has 104 valence electrons. The third-order valence-electron chi connectivity index (χ3n) is 3.19. The van der Waals surface area contributed by atoms with E-state index in [4.69, 9.17) is 0 Å². The van der Waals surface area contributed by atoms with Crippen LogP contribution in [-0.4, -0.2) is 12.6 Å². The van der Waals surface area contributed by atoms with E-state index < -0.39 is 0 Å². The Morgan fingerprint density at radius 3 is 2.30 bits per heavy atom. The summed E-state index contributed by atoms with van der Waals surface area (Å²) in [6.45, 7) is 5.21. The van der Waals surface area contributed by atoms with E-state index in [1.807, 2.05) is 49.4 Å². The summed E-state index contributed by atoms with van der Waals surface area (Å²) in [6.07, 6.45) is 0. The summed E-state index contributed by atoms with van der Waals surface area (Å²) in [6, 6.07) is 17.8. The van der Waals surface area contributed by atoms with Crippen LogP contribution in [0.4, 0.5) is 10.5 Å². The van der Waals surface area contributed by atoms with Crippen molar-refractivity contribution in [1.82, 2.24) is 5.32 Å². The summed E-state index contributed by atoms with van der Waals surface area (Å²) in [5.74, 6) is 0. The van der Waals surface area contributed by atoms with Gasteiger partial charge >= 0.3 is 6.03 Å². The molecule has 0 atom stereocenters. The summed E-state index contributed by atoms with van der Waals surface area (Å²) in [7, 11) is 0. The summed E-state index contributed by atoms with van der Waals surface area (Å²) >= 11 is 0. The summed E-state index contributed by atoms with van der Waals surface area (Å²) in [5.41, 5.74) is 3.24. The van der Waals surface area contributed by atoms with E-state index >= 15 is 0 Å². The van der Waals surface area contributed by atoms with E-state index in [1.54, 1.807) is 4.90 Å². The van der Waals surface area contributed by atoms with E-state index in [0.29, 0.717) is 13.1 Å². The number of hydrogen-bond donors (Lipinski definition) is 1. The lowest BCUT2D eigenvalue weighted by molar-refractivity contribution is 0.246. The first-order valence-corrected chi connectivity index (χ1v) is 6.86. The van der Waals surface area contributed by atoms with Gasteiger partial charge in [-0.3, -0.25) is 4.90 Å². The standard InChI is InChI=1S/C17H20N2O/c1-3-19(16-7-5-4-6-8-16)17(20)18-13-15-11-9-14(2)10-12-15/h4-12H,3,13H2,1-2H3,(H,18,20). The third-order valence-corrected chi connectivity index (χ3v) is 3.19. The Balaban J connectivity index is 1.98. The quantitative estimate of drug-likeness (QED) is 0.900. The van der Waals surface area contributed by atoms with Gasteiger partial charge in [0.05, 0.1) is 0 Å². The van der Waals surface area contributed by atoms with Crippen LogP contribution in [0.3, 0.4) is 0 Å². The maximum absolute atomic E-state index is 12.2. The Hall–Kier alpha value is -2.29. The van der Waals surface area contributed by atoms with Crippen LogP contribution in [0.15, 0.2) is 54.6 Å². The molecule has 0 aliphatic rings. The van der Waals surface area contributed by atoms with Gasteiger partial charge in [0, 0.05) is 18.8 Å². The van der Waals surface area contributed by atoms with Crippen LogP contribution in [0.1, 0.15) is 18.1 Å². The maximum atomic E-state index is 12.2. The van der Waals surface area contributed by atoms with E-state index in [2.05, 4.69) is 24.4 Å². The zero-order valence-electron chi connectivity index (χ0n) is 12.0. The van der Waals surface area contributed by atoms with Gasteiger partial charge < -0.3 is 5.32 Å². The number of hydrogen-bond acceptors (Lipinski definition) is 1. The van der Waals surface area contributed by atoms with Gasteiger partial charge in [0.2, 0.25) is 0 Å². The number of rotatable bonds is 4. The van der Waals surface area contributed by atoms with Crippen LogP contribution < -0.4 is 10.2 Å². The average Bonchev–Trinajstić information content (AvgIpc) is 2.48. The number of anilines is 1. The van der Waals surface area contributed by atoms with Crippen molar-refractivity contribution in [3.8, 4) is 0 Å². The highest BCUT2D eigenvalue weighted by molar-refractivity contribution is 5.91. The number of urea groups is 1. The highest BCUT2D eigenvalue weighted by Crippen LogP contribution is 2.13. The third kappa shape index (κ3) is 3.60. The topological polar surface area (TPSA) is 32.3 Å². The maximum Gasteiger partial charge on any atom is 0.322 e. The molecule has 0 aliphatic carbocycles. The first kappa shape index (κ1) is 14.1. The van der Waals surface area contributed by atoms with Crippen LogP contribution in [0.5, 0.6) is 0 Å². The molecule has 0 aliphatic heterocycles. The minimum Gasteiger partial charge on any atom is -0.334 e. The Labute approximate surface area is 120 Å². The van der Waals surface area contributed by atoms with Gasteiger partial charge in [-0.15, -0.1) is 0 Å². The van der Waals surface area contributed by atoms with E-state index in [9.17, 15) is 4.79 Å². The molecule has 3 heteroatoms. The van der Waals surface area contributed by atoms with Gasteiger partial charge in [0.1, 0.15) is 0 Å². The zero-order chi connectivity index (χ0) is 14.4. The van der Waals surface area contributed by atoms with Crippen molar-refractivity contribution in [2.75, 3.05) is 11.4 Å². The van der Waals surface area contributed by atoms with Crippen molar-refractivity contribution >= 4 is 11.7 Å². The molecular formula is C17H20N2O. The normalized spacial score (nSPS) is 10.1. The van der Waals surface area contributed by atoms with Crippen LogP contribution >= 0.6 is 0 Å². The molecule has 2 aromatic carbocycles. The highest BCUT2D eigenvalue weighted by Gasteiger charge is 2.12. The molecule has 0 unspecified atom stereocenters. The van der Waals surface area contributed by atoms with Crippen molar-refractivity contribution in [3.63, 3.8) is 0 Å². The van der Waals surface area contributed by atoms with Crippen molar-refractivity contribution in [2.45, 2.75) is 20.4 Å². The lowest BCUT2D eigenvalue weighted by atomic mass is 10.1. The fourth-order valence-corrected chi connectivity index (χ4v) is 2.03. The molecule has 0 heterocycles. The minimum atomic E-state index is -0.0701. The Bertz CT molecular complexity index is 549. The zero-order valence-corrected chi connectivity index (χ0v) is 12.0. The molecule has 0 saturated carbocycles. The largest absolute Gasteiger partial charge is 0.334 e. The number of amides is 2. The first-order valence-electron chi connectivity index (χ1n) is 6.86. The average molecular weight is 268 g/mol. The predicted octanol–water partition coefficient (Wildman–Crippen LogP) is 3.73. The monoisotopic (exact) mass is 268 g/mol. The van der Waals surface area contributed by atoms with Crippen molar-refractivity contribution in [3.05, 3.63) is 65.7 Å². The van der Waals surface area contributed by atoms with Gasteiger partial charge in [0.25, 0.3) is 0 Å². The Morgan fingerprint density at radius 1 is 1.05 bits per heavy atom. The number of carbonyl (C=O) groups is 1. The van der Waals surface area contributed by atoms with Crippen molar-refractivity contribution in [1.29, 1.82) is 0 Å². The van der Waals surface area contributed by atoms with E-state index in [1.165, 1.54) is 5.56 Å². The molecule has 0 radical (unpaired) electrons. The van der Waals surface area contributed by atoms with Gasteiger partial charge in [-0.2, -0.15) is 0 Å². The lowest BCUT2D eigenvalue weighted by Crippen LogP contribution is -2.39. The number of aryl methyl sites for hydroxylation is 1. The van der Waals surface area contributed by atoms with Crippen LogP contribution in [0.25, 0.3) is 0 Å². The van der Waals surface area contributed by atoms with Crippen LogP contribution in [-0.2, 0) is 6.54 Å². The van der Waals surface area contributed by atoms with Crippen molar-refractivity contribution < 1.29 is 4.79 Å². The molecule has 0 aromatic heterocycles. The summed E-state index contributed by atoms with van der Waals surface area (Å²) in [4.78, 5) is 14.0. The van der Waals surface area contributed by atoms with Crippen molar-refractivity contribution in [2.24, 2.45) is 0 Å². The second kappa shape index (κ2) is 6.75. The summed E-state index contributed by atoms with van der Waals surface area (Å²) < 4.78 is 0. The lowest BCUT2D eigenvalue weighted by Gasteiger charge is -2.21. The molecule has 0 fully saturated rings. The SMILES string of the molecule is CCN(C(=O)NCc1ccc(C)cc1)c1ccccc1. The second-order valence-electron chi connectivity index (χ2n) is 4.72. The minimum absolute atomic E-state index is 0.0701. The van der Waals surface area contributed by atoms with Gasteiger partial charge in [-0.05, 0) is 31.5 Å². The molecule has 1 N–H and O–H groups in total. The number of para-hydroxylation sites is 1. The molecule has 0 spiro atoms. The molecule has 3 nitrogen and oxygen atoms in total. The number of benzene rings is 2. The molecular weight excluding hydrogens is 248 g/mol. The predicted molar refractivity (Wildman–Crippen MR) is 82.9 cm³/mol. The van der Waals surface area contributed by atoms with Crippen LogP contribution in [0, 0.1) is 6.92 Å². The first-order chi connectivity index (χ1) is 9.70. The number of carbonyl (C=O) groups excluding carboxylic acids is 1.